The van der Waals surface area contributed by atoms with Crippen LogP contribution in [0.2, 0.25) is 0 Å². The number of hydrogen-bond acceptors (Lipinski definition) is 4. The number of pyridine rings is 1. The second-order valence-electron chi connectivity index (χ2n) is 4.94. The zero-order valence-corrected chi connectivity index (χ0v) is 11.0. The summed E-state index contributed by atoms with van der Waals surface area (Å²) in [4.78, 5) is 20.2. The maximum atomic E-state index is 11.5. The first kappa shape index (κ1) is 12.2. The highest BCUT2D eigenvalue weighted by Crippen LogP contribution is 2.16. The number of fused-ring (bicyclic) bond motifs is 1. The lowest BCUT2D eigenvalue weighted by Gasteiger charge is -2.36. The predicted octanol–water partition coefficient (Wildman–Crippen LogP) is 0.300. The standard InChI is InChI=1S/C13H18N4O2/c1-19-12-4-2-3-10(15-12)8-16-5-6-17-11(9-16)7-14-13(17)18/h2-4,11H,5-9H2,1H3,(H,14,18)/t11-/m0/s1. The fourth-order valence-corrected chi connectivity index (χ4v) is 2.70. The lowest BCUT2D eigenvalue weighted by Crippen LogP contribution is -2.51. The first-order valence-corrected chi connectivity index (χ1v) is 6.53. The van der Waals surface area contributed by atoms with Gasteiger partial charge in [-0.3, -0.25) is 4.90 Å². The van der Waals surface area contributed by atoms with Crippen molar-refractivity contribution in [2.24, 2.45) is 0 Å². The van der Waals surface area contributed by atoms with Gasteiger partial charge in [0.25, 0.3) is 0 Å². The van der Waals surface area contributed by atoms with Crippen molar-refractivity contribution in [3.63, 3.8) is 0 Å². The Labute approximate surface area is 112 Å². The van der Waals surface area contributed by atoms with Crippen molar-refractivity contribution in [1.82, 2.24) is 20.1 Å². The van der Waals surface area contributed by atoms with E-state index in [0.717, 1.165) is 38.4 Å². The van der Waals surface area contributed by atoms with Gasteiger partial charge >= 0.3 is 6.03 Å². The third-order valence-corrected chi connectivity index (χ3v) is 3.69. The Kier molecular flexibility index (Phi) is 3.25. The van der Waals surface area contributed by atoms with Gasteiger partial charge in [0.15, 0.2) is 0 Å². The average molecular weight is 262 g/mol. The van der Waals surface area contributed by atoms with Crippen LogP contribution in [0.1, 0.15) is 5.69 Å². The van der Waals surface area contributed by atoms with Crippen LogP contribution < -0.4 is 10.1 Å². The molecule has 1 atom stereocenters. The van der Waals surface area contributed by atoms with E-state index >= 15 is 0 Å². The van der Waals surface area contributed by atoms with E-state index in [1.807, 2.05) is 23.1 Å². The number of nitrogens with one attached hydrogen (secondary N) is 1. The highest BCUT2D eigenvalue weighted by Gasteiger charge is 2.35. The van der Waals surface area contributed by atoms with Crippen LogP contribution in [0.25, 0.3) is 0 Å². The van der Waals surface area contributed by atoms with E-state index in [-0.39, 0.29) is 6.03 Å². The Hall–Kier alpha value is -1.82. The number of methoxy groups -OCH3 is 1. The van der Waals surface area contributed by atoms with Crippen molar-refractivity contribution in [1.29, 1.82) is 0 Å². The minimum absolute atomic E-state index is 0.0733. The molecule has 0 aromatic carbocycles. The number of carbonyl (C=O) groups excluding carboxylic acids is 1. The number of carbonyl (C=O) groups is 1. The molecule has 3 rings (SSSR count). The van der Waals surface area contributed by atoms with Gasteiger partial charge < -0.3 is 15.0 Å². The summed E-state index contributed by atoms with van der Waals surface area (Å²) in [6.45, 7) is 4.14. The summed E-state index contributed by atoms with van der Waals surface area (Å²) in [5.74, 6) is 0.647. The summed E-state index contributed by atoms with van der Waals surface area (Å²) >= 11 is 0. The highest BCUT2D eigenvalue weighted by atomic mass is 16.5. The molecule has 1 N–H and O–H groups in total. The summed E-state index contributed by atoms with van der Waals surface area (Å²) in [6.07, 6.45) is 0. The number of amides is 2. The quantitative estimate of drug-likeness (QED) is 0.851. The zero-order valence-electron chi connectivity index (χ0n) is 11.0. The molecule has 0 unspecified atom stereocenters. The molecule has 3 heterocycles. The number of nitrogens with zero attached hydrogens (tertiary/aromatic N) is 3. The van der Waals surface area contributed by atoms with E-state index in [2.05, 4.69) is 15.2 Å². The molecule has 6 nitrogen and oxygen atoms in total. The van der Waals surface area contributed by atoms with Gasteiger partial charge in [-0.25, -0.2) is 9.78 Å². The monoisotopic (exact) mass is 262 g/mol. The number of piperazine rings is 1. The van der Waals surface area contributed by atoms with Crippen molar-refractivity contribution in [2.75, 3.05) is 33.3 Å². The SMILES string of the molecule is COc1cccc(CN2CCN3C(=O)NC[C@H]3C2)n1. The Bertz CT molecular complexity index is 479. The molecule has 0 saturated carbocycles. The Balaban J connectivity index is 1.63. The number of aromatic nitrogens is 1. The van der Waals surface area contributed by atoms with E-state index in [9.17, 15) is 4.79 Å². The fraction of sp³-hybridized carbons (Fsp3) is 0.538. The van der Waals surface area contributed by atoms with E-state index in [1.54, 1.807) is 7.11 Å². The smallest absolute Gasteiger partial charge is 0.317 e. The molecule has 102 valence electrons. The lowest BCUT2D eigenvalue weighted by molar-refractivity contribution is 0.115. The third-order valence-electron chi connectivity index (χ3n) is 3.69. The first-order valence-electron chi connectivity index (χ1n) is 6.53. The lowest BCUT2D eigenvalue weighted by atomic mass is 10.2. The topological polar surface area (TPSA) is 57.7 Å². The van der Waals surface area contributed by atoms with Crippen molar-refractivity contribution in [2.45, 2.75) is 12.6 Å². The molecular formula is C13H18N4O2. The van der Waals surface area contributed by atoms with E-state index in [1.165, 1.54) is 0 Å². The van der Waals surface area contributed by atoms with Crippen LogP contribution in [0.15, 0.2) is 18.2 Å². The fourth-order valence-electron chi connectivity index (χ4n) is 2.70. The van der Waals surface area contributed by atoms with Gasteiger partial charge in [0.2, 0.25) is 5.88 Å². The maximum absolute atomic E-state index is 11.5. The van der Waals surface area contributed by atoms with Gasteiger partial charge in [0, 0.05) is 38.8 Å². The summed E-state index contributed by atoms with van der Waals surface area (Å²) in [6, 6.07) is 6.18. The summed E-state index contributed by atoms with van der Waals surface area (Å²) in [5.41, 5.74) is 1.00. The minimum atomic E-state index is 0.0733. The van der Waals surface area contributed by atoms with Crippen molar-refractivity contribution >= 4 is 6.03 Å². The van der Waals surface area contributed by atoms with Crippen LogP contribution in [0.4, 0.5) is 4.79 Å². The molecule has 2 aliphatic rings. The van der Waals surface area contributed by atoms with Crippen molar-refractivity contribution in [3.05, 3.63) is 23.9 Å². The molecule has 0 spiro atoms. The maximum Gasteiger partial charge on any atom is 0.317 e. The van der Waals surface area contributed by atoms with Crippen LogP contribution in [0, 0.1) is 0 Å². The third kappa shape index (κ3) is 2.49. The molecule has 0 aliphatic carbocycles. The zero-order chi connectivity index (χ0) is 13.2. The Morgan fingerprint density at radius 1 is 1.47 bits per heavy atom. The molecule has 2 amide bonds. The van der Waals surface area contributed by atoms with Gasteiger partial charge in [-0.1, -0.05) is 6.07 Å². The highest BCUT2D eigenvalue weighted by molar-refractivity contribution is 5.77. The van der Waals surface area contributed by atoms with Crippen LogP contribution in [0.3, 0.4) is 0 Å². The molecule has 1 aromatic heterocycles. The molecule has 0 radical (unpaired) electrons. The molecule has 2 aliphatic heterocycles. The Morgan fingerprint density at radius 2 is 2.37 bits per heavy atom. The normalized spacial score (nSPS) is 23.1. The van der Waals surface area contributed by atoms with Crippen LogP contribution >= 0.6 is 0 Å². The predicted molar refractivity (Wildman–Crippen MR) is 70.0 cm³/mol. The van der Waals surface area contributed by atoms with Crippen molar-refractivity contribution in [3.8, 4) is 5.88 Å². The molecular weight excluding hydrogens is 244 g/mol. The molecule has 1 aromatic rings. The van der Waals surface area contributed by atoms with Crippen LogP contribution in [0.5, 0.6) is 5.88 Å². The van der Waals surface area contributed by atoms with E-state index in [0.29, 0.717) is 11.9 Å². The van der Waals surface area contributed by atoms with Gasteiger partial charge in [-0.05, 0) is 6.07 Å². The Morgan fingerprint density at radius 3 is 3.21 bits per heavy atom. The second-order valence-corrected chi connectivity index (χ2v) is 4.94. The van der Waals surface area contributed by atoms with Gasteiger partial charge in [0.05, 0.1) is 18.8 Å². The second kappa shape index (κ2) is 5.05. The van der Waals surface area contributed by atoms with Gasteiger partial charge in [0.1, 0.15) is 0 Å². The molecule has 2 saturated heterocycles. The van der Waals surface area contributed by atoms with Gasteiger partial charge in [-0.15, -0.1) is 0 Å². The summed E-state index contributed by atoms with van der Waals surface area (Å²) in [5, 5.41) is 2.89. The van der Waals surface area contributed by atoms with Crippen LogP contribution in [-0.2, 0) is 6.54 Å². The first-order chi connectivity index (χ1) is 9.26. The summed E-state index contributed by atoms with van der Waals surface area (Å²) in [7, 11) is 1.63. The molecule has 19 heavy (non-hydrogen) atoms. The molecule has 6 heteroatoms. The number of rotatable bonds is 3. The summed E-state index contributed by atoms with van der Waals surface area (Å²) < 4.78 is 5.13. The van der Waals surface area contributed by atoms with E-state index in [4.69, 9.17) is 4.74 Å². The van der Waals surface area contributed by atoms with E-state index < -0.39 is 0 Å². The molecule has 2 fully saturated rings. The number of urea groups is 1. The van der Waals surface area contributed by atoms with Crippen LogP contribution in [-0.4, -0.2) is 60.1 Å². The van der Waals surface area contributed by atoms with Crippen molar-refractivity contribution < 1.29 is 9.53 Å². The number of hydrogen-bond donors (Lipinski definition) is 1. The molecule has 0 bridgehead atoms. The average Bonchev–Trinajstić information content (AvgIpc) is 2.80. The minimum Gasteiger partial charge on any atom is -0.481 e. The van der Waals surface area contributed by atoms with Gasteiger partial charge in [-0.2, -0.15) is 0 Å². The largest absolute Gasteiger partial charge is 0.481 e. The number of ether oxygens (including phenoxy) is 1.